The minimum absolute atomic E-state index is 0.457. The topological polar surface area (TPSA) is 92.4 Å². The molecule has 0 radical (unpaired) electrons. The van der Waals surface area contributed by atoms with Crippen molar-refractivity contribution in [3.8, 4) is 5.75 Å². The van der Waals surface area contributed by atoms with Crippen LogP contribution in [0.1, 0.15) is 12.5 Å². The SMILES string of the molecule is CC(Oc1ccc(/C=N/n2cnnc2)cc1)C(=O)[O-]. The number of hydrogen-bond donors (Lipinski definition) is 0. The Hall–Kier alpha value is -2.70. The summed E-state index contributed by atoms with van der Waals surface area (Å²) in [5.74, 6) is -0.795. The summed E-state index contributed by atoms with van der Waals surface area (Å²) in [6, 6.07) is 6.83. The van der Waals surface area contributed by atoms with E-state index in [1.807, 2.05) is 0 Å². The number of carboxylic acids is 1. The summed E-state index contributed by atoms with van der Waals surface area (Å²) in [6.45, 7) is 1.41. The molecule has 7 nitrogen and oxygen atoms in total. The fourth-order valence-corrected chi connectivity index (χ4v) is 1.27. The molecule has 1 aromatic carbocycles. The fraction of sp³-hybridized carbons (Fsp3) is 0.167. The highest BCUT2D eigenvalue weighted by molar-refractivity contribution is 5.79. The predicted octanol–water partition coefficient (Wildman–Crippen LogP) is -0.323. The molecule has 0 amide bonds. The number of nitrogens with zero attached hydrogens (tertiary/aromatic N) is 4. The molecule has 2 aromatic rings. The second-order valence-corrected chi connectivity index (χ2v) is 3.73. The van der Waals surface area contributed by atoms with Crippen LogP contribution in [0.3, 0.4) is 0 Å². The van der Waals surface area contributed by atoms with Gasteiger partial charge in [-0.2, -0.15) is 5.10 Å². The van der Waals surface area contributed by atoms with Crippen molar-refractivity contribution in [3.63, 3.8) is 0 Å². The summed E-state index contributed by atoms with van der Waals surface area (Å²) in [6.07, 6.45) is 3.57. The van der Waals surface area contributed by atoms with Gasteiger partial charge >= 0.3 is 0 Å². The number of ether oxygens (including phenoxy) is 1. The zero-order valence-corrected chi connectivity index (χ0v) is 10.1. The zero-order valence-electron chi connectivity index (χ0n) is 10.1. The molecule has 1 aromatic heterocycles. The number of carbonyl (C=O) groups excluding carboxylic acids is 1. The summed E-state index contributed by atoms with van der Waals surface area (Å²) in [4.78, 5) is 10.5. The van der Waals surface area contributed by atoms with Gasteiger partial charge in [-0.3, -0.25) is 0 Å². The van der Waals surface area contributed by atoms with Crippen molar-refractivity contribution in [1.82, 2.24) is 14.9 Å². The minimum Gasteiger partial charge on any atom is -0.546 e. The average Bonchev–Trinajstić information content (AvgIpc) is 2.91. The van der Waals surface area contributed by atoms with E-state index in [0.29, 0.717) is 5.75 Å². The molecule has 0 saturated carbocycles. The summed E-state index contributed by atoms with van der Waals surface area (Å²) < 4.78 is 6.61. The third kappa shape index (κ3) is 3.63. The van der Waals surface area contributed by atoms with Gasteiger partial charge in [0.15, 0.2) is 0 Å². The van der Waals surface area contributed by atoms with Gasteiger partial charge in [0.05, 0.1) is 12.2 Å². The van der Waals surface area contributed by atoms with Gasteiger partial charge in [0.25, 0.3) is 0 Å². The number of rotatable bonds is 5. The van der Waals surface area contributed by atoms with Gasteiger partial charge in [-0.1, -0.05) is 0 Å². The van der Waals surface area contributed by atoms with Crippen molar-refractivity contribution < 1.29 is 14.6 Å². The third-order valence-corrected chi connectivity index (χ3v) is 2.27. The van der Waals surface area contributed by atoms with Crippen molar-refractivity contribution in [2.45, 2.75) is 13.0 Å². The van der Waals surface area contributed by atoms with Crippen molar-refractivity contribution in [2.24, 2.45) is 5.10 Å². The van der Waals surface area contributed by atoms with Crippen LogP contribution < -0.4 is 9.84 Å². The van der Waals surface area contributed by atoms with Crippen LogP contribution in [0.25, 0.3) is 0 Å². The molecule has 0 spiro atoms. The lowest BCUT2D eigenvalue weighted by Gasteiger charge is -2.15. The maximum absolute atomic E-state index is 10.5. The maximum Gasteiger partial charge on any atom is 0.141 e. The lowest BCUT2D eigenvalue weighted by atomic mass is 10.2. The van der Waals surface area contributed by atoms with Crippen molar-refractivity contribution in [3.05, 3.63) is 42.5 Å². The largest absolute Gasteiger partial charge is 0.546 e. The molecule has 0 aliphatic carbocycles. The minimum atomic E-state index is -1.25. The standard InChI is InChI=1S/C12H12N4O3/c1-9(12(17)18)19-11-4-2-10(3-5-11)6-15-16-7-13-14-8-16/h2-9H,1H3,(H,17,18)/p-1/b15-6+. The lowest BCUT2D eigenvalue weighted by Crippen LogP contribution is -2.37. The van der Waals surface area contributed by atoms with Crippen molar-refractivity contribution in [2.75, 3.05) is 0 Å². The summed E-state index contributed by atoms with van der Waals surface area (Å²) >= 11 is 0. The van der Waals surface area contributed by atoms with E-state index < -0.39 is 12.1 Å². The highest BCUT2D eigenvalue weighted by Gasteiger charge is 2.03. The lowest BCUT2D eigenvalue weighted by molar-refractivity contribution is -0.312. The molecule has 0 saturated heterocycles. The Morgan fingerprint density at radius 1 is 1.37 bits per heavy atom. The van der Waals surface area contributed by atoms with E-state index in [-0.39, 0.29) is 0 Å². The number of hydrogen-bond acceptors (Lipinski definition) is 6. The van der Waals surface area contributed by atoms with Crippen LogP contribution >= 0.6 is 0 Å². The molecule has 0 aliphatic heterocycles. The third-order valence-electron chi connectivity index (χ3n) is 2.27. The summed E-state index contributed by atoms with van der Waals surface area (Å²) in [7, 11) is 0. The average molecular weight is 259 g/mol. The Bertz CT molecular complexity index is 563. The molecule has 1 heterocycles. The van der Waals surface area contributed by atoms with Gasteiger partial charge in [-0.15, -0.1) is 10.2 Å². The Morgan fingerprint density at radius 2 is 2.00 bits per heavy atom. The van der Waals surface area contributed by atoms with E-state index in [9.17, 15) is 9.90 Å². The van der Waals surface area contributed by atoms with Crippen LogP contribution in [0.5, 0.6) is 5.75 Å². The first-order chi connectivity index (χ1) is 9.15. The van der Waals surface area contributed by atoms with Gasteiger partial charge in [0.2, 0.25) is 0 Å². The van der Waals surface area contributed by atoms with Crippen molar-refractivity contribution >= 4 is 12.2 Å². The zero-order chi connectivity index (χ0) is 13.7. The summed E-state index contributed by atoms with van der Waals surface area (Å²) in [5.41, 5.74) is 0.835. The number of benzene rings is 1. The first-order valence-corrected chi connectivity index (χ1v) is 5.52. The van der Waals surface area contributed by atoms with Crippen LogP contribution in [0.15, 0.2) is 42.0 Å². The molecule has 7 heteroatoms. The van der Waals surface area contributed by atoms with Crippen LogP contribution in [0, 0.1) is 0 Å². The maximum atomic E-state index is 10.5. The molecule has 0 bridgehead atoms. The Labute approximate surface area is 109 Å². The van der Waals surface area contributed by atoms with Crippen LogP contribution in [0.4, 0.5) is 0 Å². The first-order valence-electron chi connectivity index (χ1n) is 5.52. The van der Waals surface area contributed by atoms with E-state index in [1.54, 1.807) is 30.5 Å². The molecule has 2 rings (SSSR count). The fourth-order valence-electron chi connectivity index (χ4n) is 1.27. The molecule has 98 valence electrons. The molecular weight excluding hydrogens is 248 g/mol. The number of carbonyl (C=O) groups is 1. The van der Waals surface area contributed by atoms with Gasteiger partial charge in [-0.25, -0.2) is 4.68 Å². The normalized spacial score (nSPS) is 12.5. The second-order valence-electron chi connectivity index (χ2n) is 3.73. The van der Waals surface area contributed by atoms with Gasteiger partial charge < -0.3 is 14.6 Å². The number of aromatic nitrogens is 3. The quantitative estimate of drug-likeness (QED) is 0.686. The molecule has 1 atom stereocenters. The van der Waals surface area contributed by atoms with Crippen LogP contribution in [0.2, 0.25) is 0 Å². The number of aliphatic carboxylic acids is 1. The Morgan fingerprint density at radius 3 is 2.58 bits per heavy atom. The molecule has 0 aliphatic rings. The van der Waals surface area contributed by atoms with Gasteiger partial charge in [0, 0.05) is 0 Å². The molecule has 0 fully saturated rings. The highest BCUT2D eigenvalue weighted by Crippen LogP contribution is 2.12. The molecule has 1 unspecified atom stereocenters. The summed E-state index contributed by atoms with van der Waals surface area (Å²) in [5, 5.41) is 21.8. The number of carboxylic acid groups (broad SMARTS) is 1. The highest BCUT2D eigenvalue weighted by atomic mass is 16.5. The van der Waals surface area contributed by atoms with E-state index in [2.05, 4.69) is 15.3 Å². The van der Waals surface area contributed by atoms with E-state index in [1.165, 1.54) is 24.3 Å². The van der Waals surface area contributed by atoms with Gasteiger partial charge in [-0.05, 0) is 36.8 Å². The van der Waals surface area contributed by atoms with Crippen LogP contribution in [-0.4, -0.2) is 33.2 Å². The van der Waals surface area contributed by atoms with Crippen LogP contribution in [-0.2, 0) is 4.79 Å². The molecular formula is C12H11N4O3-. The smallest absolute Gasteiger partial charge is 0.141 e. The van der Waals surface area contributed by atoms with Crippen molar-refractivity contribution in [1.29, 1.82) is 0 Å². The first kappa shape index (κ1) is 12.7. The van der Waals surface area contributed by atoms with E-state index in [4.69, 9.17) is 4.74 Å². The Kier molecular flexibility index (Phi) is 3.87. The Balaban J connectivity index is 2.00. The molecule has 0 N–H and O–H groups in total. The predicted molar refractivity (Wildman–Crippen MR) is 64.6 cm³/mol. The van der Waals surface area contributed by atoms with E-state index >= 15 is 0 Å². The molecule has 19 heavy (non-hydrogen) atoms. The monoisotopic (exact) mass is 259 g/mol. The van der Waals surface area contributed by atoms with Gasteiger partial charge in [0.1, 0.15) is 24.5 Å². The second kappa shape index (κ2) is 5.76. The van der Waals surface area contributed by atoms with E-state index in [0.717, 1.165) is 5.56 Å².